The number of para-hydroxylation sites is 1. The van der Waals surface area contributed by atoms with Gasteiger partial charge in [0, 0.05) is 5.69 Å². The predicted octanol–water partition coefficient (Wildman–Crippen LogP) is 3.49. The first-order chi connectivity index (χ1) is 14.9. The Balaban J connectivity index is 1.86. The maximum absolute atomic E-state index is 12.8. The van der Waals surface area contributed by atoms with Gasteiger partial charge in [0.1, 0.15) is 0 Å². The smallest absolute Gasteiger partial charge is 0.264 e. The lowest BCUT2D eigenvalue weighted by Gasteiger charge is -2.10. The van der Waals surface area contributed by atoms with E-state index in [-0.39, 0.29) is 22.1 Å². The second kappa shape index (κ2) is 10.1. The molecule has 2 aromatic carbocycles. The Hall–Kier alpha value is -3.40. The molecule has 1 aromatic heterocycles. The molecule has 0 fully saturated rings. The average Bonchev–Trinajstić information content (AvgIpc) is 2.73. The number of halogens is 1. The molecule has 3 N–H and O–H groups in total. The molecule has 0 radical (unpaired) electrons. The molecule has 0 unspecified atom stereocenters. The predicted molar refractivity (Wildman–Crippen MR) is 121 cm³/mol. The van der Waals surface area contributed by atoms with E-state index < -0.39 is 10.0 Å². The zero-order chi connectivity index (χ0) is 22.3. The molecule has 3 aromatic rings. The van der Waals surface area contributed by atoms with E-state index in [1.807, 2.05) is 18.2 Å². The molecule has 3 rings (SSSR count). The van der Waals surface area contributed by atoms with E-state index >= 15 is 0 Å². The van der Waals surface area contributed by atoms with Crippen LogP contribution >= 0.6 is 23.4 Å². The van der Waals surface area contributed by atoms with Gasteiger partial charge in [-0.25, -0.2) is 18.1 Å². The zero-order valence-electron chi connectivity index (χ0n) is 15.9. The van der Waals surface area contributed by atoms with E-state index in [9.17, 15) is 8.42 Å². The minimum atomic E-state index is -4.05. The fourth-order valence-electron chi connectivity index (χ4n) is 2.29. The Labute approximate surface area is 187 Å². The molecule has 0 aliphatic heterocycles. The van der Waals surface area contributed by atoms with Crippen LogP contribution in [-0.2, 0) is 10.0 Å². The number of amidine groups is 1. The number of nitrogens with one attached hydrogen (secondary N) is 3. The van der Waals surface area contributed by atoms with Crippen molar-refractivity contribution in [3.05, 3.63) is 59.9 Å². The number of benzene rings is 2. The van der Waals surface area contributed by atoms with Crippen LogP contribution in [0.25, 0.3) is 0 Å². The minimum absolute atomic E-state index is 0.0692. The van der Waals surface area contributed by atoms with Crippen molar-refractivity contribution in [1.29, 1.82) is 5.26 Å². The lowest BCUT2D eigenvalue weighted by Crippen LogP contribution is -2.16. The Morgan fingerprint density at radius 1 is 1.10 bits per heavy atom. The first kappa shape index (κ1) is 22.3. The number of anilines is 3. The highest BCUT2D eigenvalue weighted by Crippen LogP contribution is 2.22. The summed E-state index contributed by atoms with van der Waals surface area (Å²) >= 11 is 7.14. The summed E-state index contributed by atoms with van der Waals surface area (Å²) in [6.45, 7) is 0. The van der Waals surface area contributed by atoms with Crippen molar-refractivity contribution in [2.24, 2.45) is 4.99 Å². The molecular formula is C18H15ClN8O2S2. The third-order valence-corrected chi connectivity index (χ3v) is 5.65. The van der Waals surface area contributed by atoms with E-state index in [1.54, 1.807) is 30.6 Å². The second-order valence-corrected chi connectivity index (χ2v) is 8.52. The number of hydrogen-bond donors (Lipinski definition) is 3. The van der Waals surface area contributed by atoms with Crippen LogP contribution in [0, 0.1) is 11.5 Å². The maximum atomic E-state index is 12.8. The number of nitrogens with zero attached hydrogens (tertiary/aromatic N) is 5. The molecule has 0 bridgehead atoms. The number of sulfonamides is 1. The summed E-state index contributed by atoms with van der Waals surface area (Å²) < 4.78 is 27.9. The van der Waals surface area contributed by atoms with Gasteiger partial charge >= 0.3 is 0 Å². The summed E-state index contributed by atoms with van der Waals surface area (Å²) in [7, 11) is -4.05. The SMILES string of the molecule is CSC(=Nc1cccc(S(=O)(=O)Nc2nc(Cl)nc(Nc3ccccc3)n2)c1)NC#N. The van der Waals surface area contributed by atoms with Crippen molar-refractivity contribution in [2.45, 2.75) is 4.90 Å². The first-order valence-electron chi connectivity index (χ1n) is 8.54. The summed E-state index contributed by atoms with van der Waals surface area (Å²) in [6, 6.07) is 14.9. The van der Waals surface area contributed by atoms with Crippen LogP contribution in [0.4, 0.5) is 23.3 Å². The van der Waals surface area contributed by atoms with Crippen LogP contribution in [0.3, 0.4) is 0 Å². The summed E-state index contributed by atoms with van der Waals surface area (Å²) in [5.74, 6) is -0.169. The van der Waals surface area contributed by atoms with E-state index in [4.69, 9.17) is 16.9 Å². The summed E-state index contributed by atoms with van der Waals surface area (Å²) in [6.07, 6.45) is 3.50. The van der Waals surface area contributed by atoms with Gasteiger partial charge in [-0.15, -0.1) is 0 Å². The topological polar surface area (TPSA) is 145 Å². The summed E-state index contributed by atoms with van der Waals surface area (Å²) in [5.41, 5.74) is 1.04. The number of nitriles is 1. The fraction of sp³-hybridized carbons (Fsp3) is 0.0556. The van der Waals surface area contributed by atoms with Crippen molar-refractivity contribution in [1.82, 2.24) is 20.3 Å². The van der Waals surface area contributed by atoms with E-state index in [0.29, 0.717) is 16.5 Å². The highest BCUT2D eigenvalue weighted by atomic mass is 35.5. The highest BCUT2D eigenvalue weighted by molar-refractivity contribution is 8.13. The first-order valence-corrected chi connectivity index (χ1v) is 11.6. The van der Waals surface area contributed by atoms with Gasteiger partial charge in [-0.3, -0.25) is 5.32 Å². The summed E-state index contributed by atoms with van der Waals surface area (Å²) in [5, 5.41) is 14.2. The fourth-order valence-corrected chi connectivity index (χ4v) is 3.78. The Morgan fingerprint density at radius 2 is 1.84 bits per heavy atom. The second-order valence-electron chi connectivity index (χ2n) is 5.70. The van der Waals surface area contributed by atoms with Gasteiger partial charge in [0.2, 0.25) is 17.2 Å². The molecule has 0 aliphatic carbocycles. The molecule has 0 spiro atoms. The minimum Gasteiger partial charge on any atom is -0.324 e. The molecule has 31 heavy (non-hydrogen) atoms. The van der Waals surface area contributed by atoms with Crippen molar-refractivity contribution in [2.75, 3.05) is 16.3 Å². The quantitative estimate of drug-likeness (QED) is 0.211. The standard InChI is InChI=1S/C18H15ClN8O2S2/c1-30-18(21-11-20)23-13-8-5-9-14(10-13)31(28,29)27-17-25-15(19)24-16(26-17)22-12-6-3-2-4-7-12/h2-10H,1H3,(H,21,23)(H2,22,24,25,26,27). The average molecular weight is 475 g/mol. The van der Waals surface area contributed by atoms with Crippen LogP contribution in [0.5, 0.6) is 0 Å². The molecule has 10 nitrogen and oxygen atoms in total. The van der Waals surface area contributed by atoms with Gasteiger partial charge in [0.15, 0.2) is 11.4 Å². The largest absolute Gasteiger partial charge is 0.324 e. The zero-order valence-corrected chi connectivity index (χ0v) is 18.3. The van der Waals surface area contributed by atoms with Gasteiger partial charge in [0.05, 0.1) is 10.6 Å². The van der Waals surface area contributed by atoms with E-state index in [2.05, 4.69) is 35.3 Å². The van der Waals surface area contributed by atoms with Gasteiger partial charge in [-0.2, -0.15) is 20.2 Å². The number of thioether (sulfide) groups is 1. The van der Waals surface area contributed by atoms with E-state index in [0.717, 1.165) is 0 Å². The molecule has 0 saturated carbocycles. The van der Waals surface area contributed by atoms with Gasteiger partial charge < -0.3 is 5.32 Å². The molecule has 0 saturated heterocycles. The molecule has 13 heteroatoms. The van der Waals surface area contributed by atoms with Crippen LogP contribution in [0.2, 0.25) is 5.28 Å². The molecular weight excluding hydrogens is 460 g/mol. The number of aromatic nitrogens is 3. The van der Waals surface area contributed by atoms with E-state index in [1.165, 1.54) is 30.0 Å². The van der Waals surface area contributed by atoms with Crippen molar-refractivity contribution in [3.63, 3.8) is 0 Å². The third-order valence-electron chi connectivity index (χ3n) is 3.58. The highest BCUT2D eigenvalue weighted by Gasteiger charge is 2.18. The van der Waals surface area contributed by atoms with Gasteiger partial charge in [0.25, 0.3) is 10.0 Å². The molecule has 0 amide bonds. The Kier molecular flexibility index (Phi) is 7.24. The Bertz CT molecular complexity index is 1250. The van der Waals surface area contributed by atoms with Crippen molar-refractivity contribution >= 4 is 61.8 Å². The molecule has 0 aliphatic rings. The molecule has 1 heterocycles. The van der Waals surface area contributed by atoms with Gasteiger partial charge in [-0.05, 0) is 48.2 Å². The lowest BCUT2D eigenvalue weighted by atomic mass is 10.3. The molecule has 158 valence electrons. The monoisotopic (exact) mass is 474 g/mol. The van der Waals surface area contributed by atoms with Crippen LogP contribution < -0.4 is 15.4 Å². The van der Waals surface area contributed by atoms with Crippen LogP contribution in [0.1, 0.15) is 0 Å². The normalized spacial score (nSPS) is 11.5. The maximum Gasteiger partial charge on any atom is 0.264 e. The lowest BCUT2D eigenvalue weighted by molar-refractivity contribution is 0.601. The number of hydrogen-bond acceptors (Lipinski definition) is 9. The molecule has 0 atom stereocenters. The third kappa shape index (κ3) is 6.29. The van der Waals surface area contributed by atoms with Crippen molar-refractivity contribution < 1.29 is 8.42 Å². The van der Waals surface area contributed by atoms with Crippen LogP contribution in [0.15, 0.2) is 64.5 Å². The van der Waals surface area contributed by atoms with Gasteiger partial charge in [-0.1, -0.05) is 36.0 Å². The van der Waals surface area contributed by atoms with Crippen LogP contribution in [-0.4, -0.2) is 34.8 Å². The summed E-state index contributed by atoms with van der Waals surface area (Å²) in [4.78, 5) is 16.0. The number of rotatable bonds is 6. The van der Waals surface area contributed by atoms with Crippen molar-refractivity contribution in [3.8, 4) is 6.19 Å². The Morgan fingerprint density at radius 3 is 2.55 bits per heavy atom. The number of aliphatic imine (C=N–C) groups is 1.